The zero-order valence-electron chi connectivity index (χ0n) is 9.28. The first-order valence-electron chi connectivity index (χ1n) is 4.84. The van der Waals surface area contributed by atoms with Gasteiger partial charge in [-0.05, 0) is 19.9 Å². The summed E-state index contributed by atoms with van der Waals surface area (Å²) in [6.45, 7) is 7.93. The lowest BCUT2D eigenvalue weighted by molar-refractivity contribution is 1.04. The molecule has 0 unspecified atom stereocenters. The molecule has 2 aromatic heterocycles. The van der Waals surface area contributed by atoms with E-state index >= 15 is 0 Å². The summed E-state index contributed by atoms with van der Waals surface area (Å²) in [6.07, 6.45) is 2.02. The van der Waals surface area contributed by atoms with Gasteiger partial charge < -0.3 is 0 Å². The lowest BCUT2D eigenvalue weighted by Crippen LogP contribution is -1.93. The van der Waals surface area contributed by atoms with Gasteiger partial charge in [-0.25, -0.2) is 9.97 Å². The second-order valence-electron chi connectivity index (χ2n) is 2.80. The molecule has 3 nitrogen and oxygen atoms in total. The minimum atomic E-state index is 0.829. The number of hydrogen-bond donors (Lipinski definition) is 0. The molecule has 82 valence electrons. The Hall–Kier alpha value is -0.300. The summed E-state index contributed by atoms with van der Waals surface area (Å²) in [5.74, 6) is 0.829. The molecule has 0 aliphatic carbocycles. The van der Waals surface area contributed by atoms with Gasteiger partial charge in [-0.3, -0.25) is 3.97 Å². The molecule has 0 saturated heterocycles. The lowest BCUT2D eigenvalue weighted by Gasteiger charge is -2.00. The van der Waals surface area contributed by atoms with Gasteiger partial charge in [0.05, 0.1) is 5.69 Å². The number of halogens is 1. The fraction of sp³-hybridized carbons (Fsp3) is 0.400. The Morgan fingerprint density at radius 3 is 2.53 bits per heavy atom. The van der Waals surface area contributed by atoms with Gasteiger partial charge in [-0.2, -0.15) is 0 Å². The first-order chi connectivity index (χ1) is 7.22. The molecular weight excluding hydrogens is 321 g/mol. The second-order valence-corrected chi connectivity index (χ2v) is 4.52. The van der Waals surface area contributed by atoms with Crippen LogP contribution in [-0.4, -0.2) is 13.9 Å². The summed E-state index contributed by atoms with van der Waals surface area (Å²) < 4.78 is 2.04. The summed E-state index contributed by atoms with van der Waals surface area (Å²) in [5.41, 5.74) is 2.05. The van der Waals surface area contributed by atoms with Crippen molar-refractivity contribution in [1.29, 1.82) is 0 Å². The number of aromatic nitrogens is 3. The zero-order valence-corrected chi connectivity index (χ0v) is 12.3. The molecule has 0 fully saturated rings. The number of nitrogens with zero attached hydrogens (tertiary/aromatic N) is 3. The molecule has 0 saturated carbocycles. The van der Waals surface area contributed by atoms with E-state index in [0.29, 0.717) is 0 Å². The summed E-state index contributed by atoms with van der Waals surface area (Å²) in [6, 6.07) is 2.05. The van der Waals surface area contributed by atoms with E-state index in [2.05, 4.69) is 37.2 Å². The van der Waals surface area contributed by atoms with E-state index in [1.807, 2.05) is 37.9 Å². The van der Waals surface area contributed by atoms with Crippen LogP contribution in [0, 0.1) is 13.8 Å². The van der Waals surface area contributed by atoms with Gasteiger partial charge in [0.25, 0.3) is 0 Å². The van der Waals surface area contributed by atoms with Crippen molar-refractivity contribution in [3.05, 3.63) is 23.8 Å². The first kappa shape index (κ1) is 12.8. The molecule has 0 atom stereocenters. The number of rotatable bonds is 1. The third-order valence-corrected chi connectivity index (χ3v) is 3.60. The van der Waals surface area contributed by atoms with Crippen molar-refractivity contribution in [1.82, 2.24) is 13.9 Å². The standard InChI is InChI=1S/C8H8IN3S.C2H6/c1-5-7-3-4-12(13-9)8(7)11-6(2)10-5;1-2/h3-4H,1-2H3;1-2H3. The molecular formula is C10H14IN3S. The van der Waals surface area contributed by atoms with Gasteiger partial charge in [0.2, 0.25) is 0 Å². The predicted octanol–water partition coefficient (Wildman–Crippen LogP) is 3.92. The summed E-state index contributed by atoms with van der Waals surface area (Å²) in [4.78, 5) is 8.71. The molecule has 0 spiro atoms. The molecule has 0 radical (unpaired) electrons. The van der Waals surface area contributed by atoms with E-state index in [9.17, 15) is 0 Å². The smallest absolute Gasteiger partial charge is 0.154 e. The fourth-order valence-corrected chi connectivity index (χ4v) is 2.60. The van der Waals surface area contributed by atoms with Crippen LogP contribution in [0.3, 0.4) is 0 Å². The highest BCUT2D eigenvalue weighted by molar-refractivity contribution is 14.2. The Morgan fingerprint density at radius 1 is 1.27 bits per heavy atom. The highest BCUT2D eigenvalue weighted by Gasteiger charge is 2.06. The average Bonchev–Trinajstić information content (AvgIpc) is 2.64. The van der Waals surface area contributed by atoms with E-state index in [0.717, 1.165) is 22.6 Å². The van der Waals surface area contributed by atoms with Crippen LogP contribution in [0.25, 0.3) is 11.0 Å². The molecule has 2 rings (SSSR count). The minimum Gasteiger partial charge on any atom is -0.266 e. The molecule has 0 amide bonds. The highest BCUT2D eigenvalue weighted by Crippen LogP contribution is 2.24. The maximum atomic E-state index is 4.39. The van der Waals surface area contributed by atoms with E-state index in [1.54, 1.807) is 9.12 Å². The normalized spacial score (nSPS) is 9.93. The van der Waals surface area contributed by atoms with Crippen LogP contribution < -0.4 is 0 Å². The SMILES string of the molecule is CC.Cc1nc(C)c2ccn(SI)c2n1. The van der Waals surface area contributed by atoms with Crippen molar-refractivity contribution in [3.8, 4) is 0 Å². The fourth-order valence-electron chi connectivity index (χ4n) is 1.33. The van der Waals surface area contributed by atoms with Crippen LogP contribution in [0.5, 0.6) is 0 Å². The Kier molecular flexibility index (Phi) is 4.85. The third kappa shape index (κ3) is 2.63. The Bertz CT molecular complexity index is 453. The first-order valence-corrected chi connectivity index (χ1v) is 8.15. The highest BCUT2D eigenvalue weighted by atomic mass is 127. The molecule has 0 bridgehead atoms. The average molecular weight is 335 g/mol. The Labute approximate surface area is 106 Å². The summed E-state index contributed by atoms with van der Waals surface area (Å²) in [5, 5.41) is 1.13. The summed E-state index contributed by atoms with van der Waals surface area (Å²) >= 11 is 2.24. The monoisotopic (exact) mass is 335 g/mol. The van der Waals surface area contributed by atoms with Crippen molar-refractivity contribution in [2.24, 2.45) is 0 Å². The van der Waals surface area contributed by atoms with Crippen LogP contribution in [0.1, 0.15) is 25.4 Å². The van der Waals surface area contributed by atoms with Crippen molar-refractivity contribution < 1.29 is 0 Å². The molecule has 15 heavy (non-hydrogen) atoms. The van der Waals surface area contributed by atoms with E-state index in [4.69, 9.17) is 0 Å². The van der Waals surface area contributed by atoms with Crippen LogP contribution in [0.2, 0.25) is 0 Å². The quantitative estimate of drug-likeness (QED) is 0.740. The van der Waals surface area contributed by atoms with Crippen LogP contribution in [-0.2, 0) is 0 Å². The van der Waals surface area contributed by atoms with Crippen LogP contribution >= 0.6 is 30.3 Å². The van der Waals surface area contributed by atoms with Crippen molar-refractivity contribution >= 4 is 41.4 Å². The number of fused-ring (bicyclic) bond motifs is 1. The topological polar surface area (TPSA) is 30.7 Å². The number of hydrogen-bond acceptors (Lipinski definition) is 3. The Balaban J connectivity index is 0.000000531. The van der Waals surface area contributed by atoms with Gasteiger partial charge in [-0.1, -0.05) is 13.8 Å². The van der Waals surface area contributed by atoms with Crippen molar-refractivity contribution in [2.45, 2.75) is 27.7 Å². The van der Waals surface area contributed by atoms with Gasteiger partial charge in [0.15, 0.2) is 5.65 Å². The van der Waals surface area contributed by atoms with E-state index < -0.39 is 0 Å². The minimum absolute atomic E-state index is 0.829. The molecule has 0 N–H and O–H groups in total. The van der Waals surface area contributed by atoms with Crippen molar-refractivity contribution in [3.63, 3.8) is 0 Å². The lowest BCUT2D eigenvalue weighted by atomic mass is 10.3. The predicted molar refractivity (Wildman–Crippen MR) is 75.4 cm³/mol. The largest absolute Gasteiger partial charge is 0.266 e. The number of aryl methyl sites for hydroxylation is 2. The molecule has 2 heterocycles. The molecule has 0 aliphatic rings. The zero-order chi connectivity index (χ0) is 11.4. The van der Waals surface area contributed by atoms with Crippen LogP contribution in [0.4, 0.5) is 0 Å². The third-order valence-electron chi connectivity index (χ3n) is 1.89. The second kappa shape index (κ2) is 5.69. The Morgan fingerprint density at radius 2 is 1.93 bits per heavy atom. The molecule has 0 aromatic carbocycles. The van der Waals surface area contributed by atoms with Gasteiger partial charge in [0, 0.05) is 41.9 Å². The molecule has 0 aliphatic heterocycles. The van der Waals surface area contributed by atoms with E-state index in [-0.39, 0.29) is 0 Å². The van der Waals surface area contributed by atoms with Gasteiger partial charge in [0.1, 0.15) is 5.82 Å². The van der Waals surface area contributed by atoms with Crippen LogP contribution in [0.15, 0.2) is 12.3 Å². The molecule has 2 aromatic rings. The summed E-state index contributed by atoms with van der Waals surface area (Å²) in [7, 11) is 1.62. The molecule has 5 heteroatoms. The maximum absolute atomic E-state index is 4.39. The van der Waals surface area contributed by atoms with Gasteiger partial charge >= 0.3 is 0 Å². The van der Waals surface area contributed by atoms with Gasteiger partial charge in [-0.15, -0.1) is 0 Å². The van der Waals surface area contributed by atoms with E-state index in [1.165, 1.54) is 0 Å². The van der Waals surface area contributed by atoms with Crippen molar-refractivity contribution in [2.75, 3.05) is 0 Å². The maximum Gasteiger partial charge on any atom is 0.154 e.